The third-order valence-corrected chi connectivity index (χ3v) is 5.30. The van der Waals surface area contributed by atoms with Crippen LogP contribution in [0.5, 0.6) is 0 Å². The first-order valence-electron chi connectivity index (χ1n) is 9.11. The van der Waals surface area contributed by atoms with Gasteiger partial charge in [0, 0.05) is 29.5 Å². The first kappa shape index (κ1) is 20.1. The molecular weight excluding hydrogens is 398 g/mol. The summed E-state index contributed by atoms with van der Waals surface area (Å²) in [5.41, 5.74) is 0.0465. The van der Waals surface area contributed by atoms with E-state index >= 15 is 0 Å². The molecule has 0 amide bonds. The molecule has 2 aromatic rings. The lowest BCUT2D eigenvalue weighted by atomic mass is 9.93. The molecule has 4 atom stereocenters. The quantitative estimate of drug-likeness (QED) is 0.413. The Morgan fingerprint density at radius 3 is 2.43 bits per heavy atom. The van der Waals surface area contributed by atoms with Gasteiger partial charge < -0.3 is 20.1 Å². The molecule has 4 rings (SSSR count). The van der Waals surface area contributed by atoms with E-state index < -0.39 is 42.6 Å². The van der Waals surface area contributed by atoms with E-state index in [1.807, 2.05) is 0 Å². The molecule has 30 heavy (non-hydrogen) atoms. The van der Waals surface area contributed by atoms with E-state index in [9.17, 15) is 29.7 Å². The van der Waals surface area contributed by atoms with Gasteiger partial charge in [-0.2, -0.15) is 4.98 Å². The molecule has 0 saturated carbocycles. The first-order valence-corrected chi connectivity index (χ1v) is 9.11. The standard InChI is InChI=1S/C18H19N5O7/c1-8-9(4-24)2-22(3-10(8)5-25)18-20-15-12(16(29)21-18)19-7-23(15)17-14(28)13(27)11(6-26)30-17/h2-5,7-8,11,13-14,17,26-28H,6H2,1H3,(H,20,21,29)/t11-,13-,14-,17-/m1/s1. The molecule has 1 fully saturated rings. The number of fused-ring (bicyclic) bond motifs is 1. The van der Waals surface area contributed by atoms with Crippen LogP contribution in [-0.2, 0) is 14.3 Å². The molecule has 0 unspecified atom stereocenters. The number of nitrogens with zero attached hydrogens (tertiary/aromatic N) is 4. The fourth-order valence-corrected chi connectivity index (χ4v) is 3.49. The maximum atomic E-state index is 12.5. The first-order chi connectivity index (χ1) is 14.4. The number of carbonyl (C=O) groups is 2. The van der Waals surface area contributed by atoms with Crippen LogP contribution in [0.2, 0.25) is 0 Å². The zero-order valence-corrected chi connectivity index (χ0v) is 15.7. The zero-order valence-electron chi connectivity index (χ0n) is 15.7. The topological polar surface area (TPSA) is 171 Å². The summed E-state index contributed by atoms with van der Waals surface area (Å²) in [7, 11) is 0. The van der Waals surface area contributed by atoms with Crippen molar-refractivity contribution in [2.45, 2.75) is 31.5 Å². The molecule has 0 aliphatic carbocycles. The van der Waals surface area contributed by atoms with Crippen LogP contribution in [0.4, 0.5) is 5.95 Å². The maximum Gasteiger partial charge on any atom is 0.280 e. The van der Waals surface area contributed by atoms with E-state index in [2.05, 4.69) is 15.0 Å². The van der Waals surface area contributed by atoms with E-state index in [4.69, 9.17) is 4.74 Å². The Kier molecular flexibility index (Phi) is 5.07. The molecular formula is C18H19N5O7. The number of allylic oxidation sites excluding steroid dienone is 2. The van der Waals surface area contributed by atoms with Crippen molar-refractivity contribution in [3.05, 3.63) is 40.2 Å². The van der Waals surface area contributed by atoms with Crippen molar-refractivity contribution in [2.24, 2.45) is 5.92 Å². The van der Waals surface area contributed by atoms with E-state index in [-0.39, 0.29) is 17.1 Å². The molecule has 2 aliphatic rings. The second-order valence-corrected chi connectivity index (χ2v) is 7.07. The number of aromatic nitrogens is 4. The van der Waals surface area contributed by atoms with Gasteiger partial charge in [0.1, 0.15) is 30.9 Å². The molecule has 4 heterocycles. The molecule has 0 bridgehead atoms. The van der Waals surface area contributed by atoms with Crippen molar-refractivity contribution in [1.82, 2.24) is 19.5 Å². The van der Waals surface area contributed by atoms with E-state index in [1.54, 1.807) is 6.92 Å². The molecule has 12 heteroatoms. The Morgan fingerprint density at radius 1 is 1.20 bits per heavy atom. The lowest BCUT2D eigenvalue weighted by Gasteiger charge is -2.24. The molecule has 2 aromatic heterocycles. The number of imidazole rings is 1. The van der Waals surface area contributed by atoms with Gasteiger partial charge >= 0.3 is 0 Å². The minimum Gasteiger partial charge on any atom is -0.394 e. The SMILES string of the molecule is CC1C(C=O)=CN(c2nc3c(ncn3[C@@H]3O[C@H](CO)[C@@H](O)[C@H]3O)c(=O)[nH]2)C=C1C=O. The summed E-state index contributed by atoms with van der Waals surface area (Å²) in [5, 5.41) is 29.6. The molecule has 158 valence electrons. The zero-order chi connectivity index (χ0) is 21.6. The summed E-state index contributed by atoms with van der Waals surface area (Å²) in [5.74, 6) is -0.400. The van der Waals surface area contributed by atoms with Crippen molar-refractivity contribution in [2.75, 3.05) is 11.5 Å². The summed E-state index contributed by atoms with van der Waals surface area (Å²) in [6.07, 6.45) is 0.499. The smallest absolute Gasteiger partial charge is 0.280 e. The van der Waals surface area contributed by atoms with Gasteiger partial charge in [0.2, 0.25) is 5.95 Å². The highest BCUT2D eigenvalue weighted by molar-refractivity contribution is 5.85. The third-order valence-electron chi connectivity index (χ3n) is 5.30. The van der Waals surface area contributed by atoms with Crippen LogP contribution in [0.3, 0.4) is 0 Å². The second-order valence-electron chi connectivity index (χ2n) is 7.07. The number of rotatable bonds is 5. The van der Waals surface area contributed by atoms with E-state index in [0.29, 0.717) is 23.7 Å². The summed E-state index contributed by atoms with van der Waals surface area (Å²) in [6.45, 7) is 1.19. The van der Waals surface area contributed by atoms with Crippen molar-refractivity contribution in [3.8, 4) is 0 Å². The number of carbonyl (C=O) groups excluding carboxylic acids is 2. The van der Waals surface area contributed by atoms with Crippen molar-refractivity contribution >= 4 is 29.7 Å². The molecule has 12 nitrogen and oxygen atoms in total. The van der Waals surface area contributed by atoms with Crippen LogP contribution in [0.1, 0.15) is 13.2 Å². The number of H-pyrrole nitrogens is 1. The average molecular weight is 417 g/mol. The van der Waals surface area contributed by atoms with Crippen LogP contribution < -0.4 is 10.5 Å². The van der Waals surface area contributed by atoms with Gasteiger partial charge in [0.25, 0.3) is 5.56 Å². The largest absolute Gasteiger partial charge is 0.394 e. The predicted molar refractivity (Wildman–Crippen MR) is 101 cm³/mol. The van der Waals surface area contributed by atoms with Gasteiger partial charge in [-0.1, -0.05) is 6.92 Å². The van der Waals surface area contributed by atoms with Crippen LogP contribution in [0.25, 0.3) is 11.2 Å². The highest BCUT2D eigenvalue weighted by Gasteiger charge is 2.44. The average Bonchev–Trinajstić information content (AvgIpc) is 3.29. The lowest BCUT2D eigenvalue weighted by molar-refractivity contribution is -0.105. The Morgan fingerprint density at radius 2 is 1.87 bits per heavy atom. The number of hydrogen-bond acceptors (Lipinski definition) is 10. The molecule has 0 aromatic carbocycles. The Hall–Kier alpha value is -3.19. The van der Waals surface area contributed by atoms with Gasteiger partial charge in [-0.05, 0) is 0 Å². The third kappa shape index (κ3) is 3.06. The lowest BCUT2D eigenvalue weighted by Crippen LogP contribution is -2.33. The second kappa shape index (κ2) is 7.57. The van der Waals surface area contributed by atoms with E-state index in [0.717, 1.165) is 0 Å². The molecule has 1 saturated heterocycles. The van der Waals surface area contributed by atoms with Gasteiger partial charge in [0.05, 0.1) is 12.9 Å². The molecule has 0 spiro atoms. The van der Waals surface area contributed by atoms with Gasteiger partial charge in [-0.25, -0.2) is 4.98 Å². The number of hydrogen-bond donors (Lipinski definition) is 4. The Bertz CT molecular complexity index is 1090. The normalized spacial score (nSPS) is 27.3. The van der Waals surface area contributed by atoms with Crippen molar-refractivity contribution in [3.63, 3.8) is 0 Å². The molecule has 0 radical (unpaired) electrons. The maximum absolute atomic E-state index is 12.5. The van der Waals surface area contributed by atoms with Gasteiger partial charge in [-0.15, -0.1) is 0 Å². The number of nitrogens with one attached hydrogen (secondary N) is 1. The monoisotopic (exact) mass is 417 g/mol. The fourth-order valence-electron chi connectivity index (χ4n) is 3.49. The minimum absolute atomic E-state index is 0.00610. The number of aldehydes is 2. The van der Waals surface area contributed by atoms with Gasteiger partial charge in [0.15, 0.2) is 17.4 Å². The van der Waals surface area contributed by atoms with Crippen molar-refractivity contribution in [1.29, 1.82) is 0 Å². The highest BCUT2D eigenvalue weighted by Crippen LogP contribution is 2.31. The summed E-state index contributed by atoms with van der Waals surface area (Å²) >= 11 is 0. The summed E-state index contributed by atoms with van der Waals surface area (Å²) in [6, 6.07) is 0. The number of anilines is 1. The van der Waals surface area contributed by atoms with Gasteiger partial charge in [-0.3, -0.25) is 28.8 Å². The Balaban J connectivity index is 1.81. The number of ether oxygens (including phenoxy) is 1. The minimum atomic E-state index is -1.39. The predicted octanol–water partition coefficient (Wildman–Crippen LogP) is -1.65. The van der Waals surface area contributed by atoms with Crippen molar-refractivity contribution < 1.29 is 29.6 Å². The number of aliphatic hydroxyl groups is 3. The van der Waals surface area contributed by atoms with Crippen LogP contribution >= 0.6 is 0 Å². The number of aliphatic hydroxyl groups excluding tert-OH is 3. The fraction of sp³-hybridized carbons (Fsp3) is 0.389. The van der Waals surface area contributed by atoms with Crippen LogP contribution in [0.15, 0.2) is 34.7 Å². The number of aromatic amines is 1. The van der Waals surface area contributed by atoms with E-state index in [1.165, 1.54) is 28.2 Å². The molecule has 4 N–H and O–H groups in total. The Labute approximate surface area is 168 Å². The molecule has 2 aliphatic heterocycles. The highest BCUT2D eigenvalue weighted by atomic mass is 16.6. The summed E-state index contributed by atoms with van der Waals surface area (Å²) in [4.78, 5) is 47.5. The van der Waals surface area contributed by atoms with Crippen LogP contribution in [0, 0.1) is 5.92 Å². The summed E-state index contributed by atoms with van der Waals surface area (Å²) < 4.78 is 6.76. The van der Waals surface area contributed by atoms with Crippen LogP contribution in [-0.4, -0.2) is 72.3 Å².